The van der Waals surface area contributed by atoms with E-state index in [1.54, 1.807) is 79.9 Å². The van der Waals surface area contributed by atoms with Crippen molar-refractivity contribution >= 4 is 76.7 Å². The molecule has 2 fully saturated rings. The number of carbonyl (C=O) groups is 10. The minimum Gasteiger partial charge on any atom is -0.508 e. The smallest absolute Gasteiger partial charge is 0.245 e. The van der Waals surface area contributed by atoms with Crippen LogP contribution in [0.1, 0.15) is 93.7 Å². The highest BCUT2D eigenvalue weighted by Crippen LogP contribution is 2.24. The lowest BCUT2D eigenvalue weighted by Gasteiger charge is -2.34. The summed E-state index contributed by atoms with van der Waals surface area (Å²) in [4.78, 5) is 159. The predicted octanol–water partition coefficient (Wildman–Crippen LogP) is -2.82. The molecule has 2 saturated heterocycles. The Hall–Kier alpha value is -9.79. The van der Waals surface area contributed by atoms with Gasteiger partial charge in [0.25, 0.3) is 0 Å². The fraction of sp³-hybridized carbons (Fsp3) is 0.544. The lowest BCUT2D eigenvalue weighted by molar-refractivity contribution is -0.143. The summed E-state index contributed by atoms with van der Waals surface area (Å²) in [7, 11) is 1.62. The van der Waals surface area contributed by atoms with Crippen LogP contribution >= 0.6 is 0 Å². The van der Waals surface area contributed by atoms with Gasteiger partial charge in [0, 0.05) is 97.3 Å². The molecule has 0 spiro atoms. The van der Waals surface area contributed by atoms with Gasteiger partial charge in [-0.25, -0.2) is 0 Å². The topological polar surface area (TPSA) is 524 Å². The van der Waals surface area contributed by atoms with Crippen molar-refractivity contribution in [2.75, 3.05) is 92.4 Å². The Morgan fingerprint density at radius 1 is 0.510 bits per heavy atom. The predicted molar refractivity (Wildman–Crippen MR) is 376 cm³/mol. The van der Waals surface area contributed by atoms with Crippen molar-refractivity contribution in [1.82, 2.24) is 41.3 Å². The fourth-order valence-electron chi connectivity index (χ4n) is 11.8. The van der Waals surface area contributed by atoms with Gasteiger partial charge >= 0.3 is 0 Å². The van der Waals surface area contributed by atoms with Crippen molar-refractivity contribution < 1.29 is 62.5 Å². The Bertz CT molecular complexity index is 3220. The van der Waals surface area contributed by atoms with E-state index in [0.29, 0.717) is 56.0 Å². The molecule has 22 N–H and O–H groups in total. The maximum Gasteiger partial charge on any atom is 0.245 e. The number of ether oxygens (including phenoxy) is 2. The standard InChI is InChI=1S/C68H103N19O13/c1-99-35-36-100-34-12-28-85-30-32-86(33-31-85)43-59(92)80-53(39-46-21-23-49(88)24-22-46)57(90)41-48(38-45-15-6-3-7-16-45)61(94)81-50(17-8-25-77-66(71)72)56(89)40-47(37-44-13-4-2-5-14-44)62(95)83-52(19-10-27-79-68(75)76)65(98)87-29-11-20-55(87)64(97)82-51(18-9-26-78-67(73)74)63(96)84-54(60(70)93)42-58(69)91/h2-7,13-16,21-24,47-48,50-55,88H,8-12,17-20,25-43H2,1H3,(H2,69,91)(H2,70,93)(H,80,92)(H,81,94)(H,82,97)(H,83,95)(H,84,96)(H4,71,72,77)(H4,73,74,78)(H4,75,76,79)/t47-,48-,50+,51+,52+,53+,54+,55+/m1/s1. The quantitative estimate of drug-likeness (QED) is 0.0154. The molecule has 32 nitrogen and oxygen atoms in total. The van der Waals surface area contributed by atoms with Gasteiger partial charge in [-0.05, 0) is 106 Å². The third-order valence-electron chi connectivity index (χ3n) is 17.1. The molecule has 2 heterocycles. The molecule has 2 aliphatic rings. The van der Waals surface area contributed by atoms with Gasteiger partial charge in [0.05, 0.1) is 38.3 Å². The van der Waals surface area contributed by atoms with Crippen molar-refractivity contribution in [3.63, 3.8) is 0 Å². The van der Waals surface area contributed by atoms with Crippen molar-refractivity contribution in [3.8, 4) is 5.75 Å². The normalized spacial score (nSPS) is 16.0. The summed E-state index contributed by atoms with van der Waals surface area (Å²) in [6.07, 6.45) is 0.189. The average Bonchev–Trinajstić information content (AvgIpc) is 1.58. The monoisotopic (exact) mass is 1390 g/mol. The third-order valence-corrected chi connectivity index (χ3v) is 17.1. The van der Waals surface area contributed by atoms with Crippen LogP contribution in [0.5, 0.6) is 5.75 Å². The van der Waals surface area contributed by atoms with E-state index in [-0.39, 0.29) is 127 Å². The van der Waals surface area contributed by atoms with E-state index < -0.39 is 120 Å². The number of likely N-dealkylation sites (tertiary alicyclic amines) is 1. The van der Waals surface area contributed by atoms with Gasteiger partial charge in [0.15, 0.2) is 29.4 Å². The number of ketones is 2. The number of carbonyl (C=O) groups excluding carboxylic acids is 10. The van der Waals surface area contributed by atoms with Crippen LogP contribution in [0.3, 0.4) is 0 Å². The van der Waals surface area contributed by atoms with E-state index >= 15 is 19.2 Å². The van der Waals surface area contributed by atoms with Crippen LogP contribution in [0, 0.1) is 11.8 Å². The third kappa shape index (κ3) is 30.1. The Balaban J connectivity index is 1.42. The number of benzene rings is 3. The maximum absolute atomic E-state index is 15.2. The Kier molecular flexibility index (Phi) is 35.2. The highest BCUT2D eigenvalue weighted by atomic mass is 16.5. The minimum atomic E-state index is -1.51. The molecule has 2 aliphatic heterocycles. The number of hydrogen-bond donors (Lipinski definition) is 14. The van der Waals surface area contributed by atoms with Gasteiger partial charge in [-0.3, -0.25) is 67.8 Å². The number of primary amides is 2. The highest BCUT2D eigenvalue weighted by molar-refractivity contribution is 5.99. The number of phenols is 1. The van der Waals surface area contributed by atoms with Gasteiger partial charge in [0.2, 0.25) is 47.3 Å². The van der Waals surface area contributed by atoms with Crippen LogP contribution in [0.2, 0.25) is 0 Å². The summed E-state index contributed by atoms with van der Waals surface area (Å²) >= 11 is 0. The maximum atomic E-state index is 15.2. The lowest BCUT2D eigenvalue weighted by atomic mass is 9.88. The van der Waals surface area contributed by atoms with Crippen molar-refractivity contribution in [2.45, 2.75) is 133 Å². The molecule has 548 valence electrons. The van der Waals surface area contributed by atoms with Crippen molar-refractivity contribution in [3.05, 3.63) is 102 Å². The number of guanidine groups is 3. The molecule has 8 amide bonds. The molecular formula is C68H103N19O13. The molecule has 0 bridgehead atoms. The number of Topliss-reactive ketones (excluding diaryl/α,β-unsaturated/α-hetero) is 2. The average molecular weight is 1390 g/mol. The second-order valence-corrected chi connectivity index (χ2v) is 25.0. The second-order valence-electron chi connectivity index (χ2n) is 25.0. The first-order valence-electron chi connectivity index (χ1n) is 33.9. The number of amides is 8. The molecule has 100 heavy (non-hydrogen) atoms. The number of nitrogens with zero attached hydrogens (tertiary/aromatic N) is 6. The number of nitrogens with one attached hydrogen (secondary N) is 5. The molecule has 5 rings (SSSR count). The molecule has 0 aromatic heterocycles. The Morgan fingerprint density at radius 2 is 1.00 bits per heavy atom. The molecule has 0 radical (unpaired) electrons. The zero-order chi connectivity index (χ0) is 72.9. The lowest BCUT2D eigenvalue weighted by Crippen LogP contribution is -2.58. The Morgan fingerprint density at radius 3 is 1.52 bits per heavy atom. The van der Waals surface area contributed by atoms with Crippen LogP contribution in [-0.4, -0.2) is 225 Å². The van der Waals surface area contributed by atoms with Gasteiger partial charge in [-0.15, -0.1) is 0 Å². The van der Waals surface area contributed by atoms with Gasteiger partial charge in [-0.2, -0.15) is 0 Å². The zero-order valence-electron chi connectivity index (χ0n) is 57.1. The van der Waals surface area contributed by atoms with Crippen molar-refractivity contribution in [2.24, 2.45) is 72.7 Å². The van der Waals surface area contributed by atoms with E-state index in [1.165, 1.54) is 17.0 Å². The van der Waals surface area contributed by atoms with Gasteiger partial charge in [0.1, 0.15) is 29.9 Å². The fourth-order valence-corrected chi connectivity index (χ4v) is 11.8. The van der Waals surface area contributed by atoms with Crippen LogP contribution in [0.15, 0.2) is 99.9 Å². The van der Waals surface area contributed by atoms with Gasteiger partial charge in [-0.1, -0.05) is 72.8 Å². The second kappa shape index (κ2) is 43.6. The van der Waals surface area contributed by atoms with E-state index in [9.17, 15) is 33.9 Å². The number of phenolic OH excluding ortho intramolecular Hbond substituents is 1. The first kappa shape index (κ1) is 80.9. The van der Waals surface area contributed by atoms with E-state index in [0.717, 1.165) is 26.1 Å². The summed E-state index contributed by atoms with van der Waals surface area (Å²) < 4.78 is 10.7. The number of aromatic hydroxyl groups is 1. The molecule has 8 atom stereocenters. The Labute approximate surface area is 583 Å². The number of piperazine rings is 1. The van der Waals surface area contributed by atoms with E-state index in [1.807, 2.05) is 4.90 Å². The molecular weight excluding hydrogens is 1290 g/mol. The van der Waals surface area contributed by atoms with Crippen LogP contribution in [0.25, 0.3) is 0 Å². The largest absolute Gasteiger partial charge is 0.508 e. The highest BCUT2D eigenvalue weighted by Gasteiger charge is 2.41. The van der Waals surface area contributed by atoms with E-state index in [4.69, 9.17) is 55.3 Å². The van der Waals surface area contributed by atoms with Gasteiger partial charge < -0.3 is 96.8 Å². The van der Waals surface area contributed by atoms with Crippen LogP contribution in [0.4, 0.5) is 0 Å². The molecule has 0 saturated carbocycles. The summed E-state index contributed by atoms with van der Waals surface area (Å²) in [5, 5.41) is 24.0. The summed E-state index contributed by atoms with van der Waals surface area (Å²) in [5.74, 6) is -10.1. The number of nitrogens with two attached hydrogens (primary N) is 8. The van der Waals surface area contributed by atoms with Crippen LogP contribution < -0.4 is 72.5 Å². The first-order chi connectivity index (χ1) is 47.9. The number of aliphatic imine (C=N–C) groups is 3. The first-order valence-corrected chi connectivity index (χ1v) is 33.9. The minimum absolute atomic E-state index is 0.00359. The number of methoxy groups -OCH3 is 1. The van der Waals surface area contributed by atoms with E-state index in [2.05, 4.69) is 46.5 Å². The number of rotatable bonds is 46. The van der Waals surface area contributed by atoms with Crippen LogP contribution in [-0.2, 0) is 76.7 Å². The molecule has 0 aliphatic carbocycles. The molecule has 3 aromatic rings. The number of hydrogen-bond acceptors (Lipinski definition) is 18. The summed E-state index contributed by atoms with van der Waals surface area (Å²) in [5.41, 5.74) is 46.4. The zero-order valence-corrected chi connectivity index (χ0v) is 57.1. The SMILES string of the molecule is COCCOCCCN1CCN(CC(=O)N[C@@H](Cc2ccc(O)cc2)C(=O)C[C@@H](Cc2ccccc2)C(=O)N[C@@H](CCCN=C(N)N)C(=O)C[C@@H](Cc2ccccc2)C(=O)N[C@@H](CCCN=C(N)N)C(=O)N2CCC[C@H]2C(=O)N[C@@H](CCCN=C(N)N)C(=O)N[C@@H](CC(N)=O)C(N)=O)CC1. The molecule has 3 aromatic carbocycles. The van der Waals surface area contributed by atoms with Crippen molar-refractivity contribution in [1.29, 1.82) is 0 Å². The summed E-state index contributed by atoms with van der Waals surface area (Å²) in [6.45, 7) is 5.39. The summed E-state index contributed by atoms with van der Waals surface area (Å²) in [6, 6.07) is 16.2. The molecule has 32 heteroatoms. The molecule has 0 unspecified atom stereocenters.